The second-order valence-electron chi connectivity index (χ2n) is 9.20. The fourth-order valence-corrected chi connectivity index (χ4v) is 5.13. The molecule has 0 amide bonds. The van der Waals surface area contributed by atoms with Crippen LogP contribution in [0.25, 0.3) is 0 Å². The molecule has 1 saturated carbocycles. The van der Waals surface area contributed by atoms with Crippen LogP contribution < -0.4 is 10.0 Å². The molecule has 6 heteroatoms. The van der Waals surface area contributed by atoms with Gasteiger partial charge < -0.3 is 5.32 Å². The van der Waals surface area contributed by atoms with Crippen molar-refractivity contribution in [2.45, 2.75) is 89.3 Å². The number of benzene rings is 1. The third-order valence-electron chi connectivity index (χ3n) is 6.21. The first-order chi connectivity index (χ1) is 13.7. The molecule has 2 rings (SSSR count). The third kappa shape index (κ3) is 6.95. The van der Waals surface area contributed by atoms with Crippen molar-refractivity contribution < 1.29 is 8.42 Å². The van der Waals surface area contributed by atoms with Gasteiger partial charge in [-0.25, -0.2) is 13.1 Å². The van der Waals surface area contributed by atoms with E-state index in [0.29, 0.717) is 18.5 Å². The molecule has 0 heterocycles. The lowest BCUT2D eigenvalue weighted by Crippen LogP contribution is -2.53. The van der Waals surface area contributed by atoms with E-state index in [1.54, 1.807) is 13.8 Å². The number of unbranched alkanes of at least 4 members (excludes halogenated alkanes) is 2. The Morgan fingerprint density at radius 2 is 1.62 bits per heavy atom. The molecule has 1 aliphatic carbocycles. The summed E-state index contributed by atoms with van der Waals surface area (Å²) in [5, 5.41) is 4.29. The van der Waals surface area contributed by atoms with Crippen molar-refractivity contribution in [1.82, 2.24) is 10.0 Å². The summed E-state index contributed by atoms with van der Waals surface area (Å²) < 4.78 is 26.3. The standard InChI is InChI=1S/C23H39ClN2O2S/c1-18(2)17-22(23(13-8-14-23)20-9-11-21(24)12-10-20)25-15-6-5-7-16-26-29(27,28)19(3)4/h9-12,18-19,22,25-26H,5-8,13-17H2,1-4H3. The van der Waals surface area contributed by atoms with E-state index in [0.717, 1.165) is 37.3 Å². The summed E-state index contributed by atoms with van der Waals surface area (Å²) in [6.45, 7) is 9.51. The third-order valence-corrected chi connectivity index (χ3v) is 8.31. The lowest BCUT2D eigenvalue weighted by molar-refractivity contribution is 0.151. The van der Waals surface area contributed by atoms with E-state index >= 15 is 0 Å². The molecule has 0 bridgehead atoms. The molecule has 0 aromatic heterocycles. The molecule has 1 fully saturated rings. The van der Waals surface area contributed by atoms with Crippen LogP contribution in [0.15, 0.2) is 24.3 Å². The number of halogens is 1. The second-order valence-corrected chi connectivity index (χ2v) is 12.0. The molecule has 1 aromatic carbocycles. The minimum atomic E-state index is -3.14. The van der Waals surface area contributed by atoms with E-state index in [1.165, 1.54) is 24.8 Å². The minimum Gasteiger partial charge on any atom is -0.313 e. The molecule has 0 spiro atoms. The Balaban J connectivity index is 1.85. The van der Waals surface area contributed by atoms with Crippen LogP contribution in [-0.2, 0) is 15.4 Å². The monoisotopic (exact) mass is 442 g/mol. The van der Waals surface area contributed by atoms with Crippen LogP contribution in [0.2, 0.25) is 5.02 Å². The number of hydrogen-bond acceptors (Lipinski definition) is 3. The highest BCUT2D eigenvalue weighted by Crippen LogP contribution is 2.48. The molecular weight excluding hydrogens is 404 g/mol. The predicted octanol–water partition coefficient (Wildman–Crippen LogP) is 5.26. The highest BCUT2D eigenvalue weighted by Gasteiger charge is 2.45. The SMILES string of the molecule is CC(C)CC(NCCCCCNS(=O)(=O)C(C)C)C1(c2ccc(Cl)cc2)CCC1. The first-order valence-corrected chi connectivity index (χ1v) is 13.1. The van der Waals surface area contributed by atoms with Crippen molar-refractivity contribution in [3.05, 3.63) is 34.9 Å². The Kier molecular flexibility index (Phi) is 9.46. The van der Waals surface area contributed by atoms with Gasteiger partial charge in [-0.3, -0.25) is 0 Å². The fourth-order valence-electron chi connectivity index (χ4n) is 4.24. The van der Waals surface area contributed by atoms with Crippen molar-refractivity contribution in [2.24, 2.45) is 5.92 Å². The van der Waals surface area contributed by atoms with Crippen LogP contribution in [0, 0.1) is 5.92 Å². The average molecular weight is 443 g/mol. The van der Waals surface area contributed by atoms with Gasteiger partial charge in [0.1, 0.15) is 0 Å². The zero-order chi connectivity index (χ0) is 21.5. The number of nitrogens with one attached hydrogen (secondary N) is 2. The number of hydrogen-bond donors (Lipinski definition) is 2. The van der Waals surface area contributed by atoms with Crippen molar-refractivity contribution in [1.29, 1.82) is 0 Å². The van der Waals surface area contributed by atoms with Gasteiger partial charge in [-0.05, 0) is 76.1 Å². The van der Waals surface area contributed by atoms with Crippen LogP contribution >= 0.6 is 11.6 Å². The molecule has 0 aliphatic heterocycles. The molecular formula is C23H39ClN2O2S. The Hall–Kier alpha value is -0.620. The summed E-state index contributed by atoms with van der Waals surface area (Å²) in [6.07, 6.45) is 7.88. The van der Waals surface area contributed by atoms with E-state index in [9.17, 15) is 8.42 Å². The summed E-state index contributed by atoms with van der Waals surface area (Å²) in [4.78, 5) is 0. The smallest absolute Gasteiger partial charge is 0.213 e. The molecule has 1 aliphatic rings. The Morgan fingerprint density at radius 1 is 1.00 bits per heavy atom. The van der Waals surface area contributed by atoms with Gasteiger partial charge in [0.2, 0.25) is 10.0 Å². The number of rotatable bonds is 13. The lowest BCUT2D eigenvalue weighted by atomic mass is 9.59. The van der Waals surface area contributed by atoms with Crippen LogP contribution in [0.3, 0.4) is 0 Å². The zero-order valence-corrected chi connectivity index (χ0v) is 20.1. The average Bonchev–Trinajstić information content (AvgIpc) is 2.60. The normalized spacial score (nSPS) is 17.5. The quantitative estimate of drug-likeness (QED) is 0.409. The van der Waals surface area contributed by atoms with Crippen molar-refractivity contribution in [2.75, 3.05) is 13.1 Å². The first-order valence-electron chi connectivity index (χ1n) is 11.2. The molecule has 166 valence electrons. The van der Waals surface area contributed by atoms with Gasteiger partial charge in [-0.15, -0.1) is 0 Å². The maximum absolute atomic E-state index is 11.8. The van der Waals surface area contributed by atoms with E-state index in [4.69, 9.17) is 11.6 Å². The summed E-state index contributed by atoms with van der Waals surface area (Å²) in [5.74, 6) is 0.641. The van der Waals surface area contributed by atoms with E-state index in [2.05, 4.69) is 36.0 Å². The summed E-state index contributed by atoms with van der Waals surface area (Å²) in [6, 6.07) is 8.91. The first kappa shape index (κ1) is 24.6. The molecule has 4 nitrogen and oxygen atoms in total. The van der Waals surface area contributed by atoms with Crippen LogP contribution in [-0.4, -0.2) is 32.8 Å². The maximum Gasteiger partial charge on any atom is 0.213 e. The van der Waals surface area contributed by atoms with Gasteiger partial charge >= 0.3 is 0 Å². The minimum absolute atomic E-state index is 0.224. The highest BCUT2D eigenvalue weighted by molar-refractivity contribution is 7.90. The van der Waals surface area contributed by atoms with Gasteiger partial charge in [0.15, 0.2) is 0 Å². The molecule has 0 radical (unpaired) electrons. The van der Waals surface area contributed by atoms with E-state index in [-0.39, 0.29) is 10.7 Å². The van der Waals surface area contributed by atoms with Gasteiger partial charge in [-0.2, -0.15) is 0 Å². The number of sulfonamides is 1. The van der Waals surface area contributed by atoms with Gasteiger partial charge in [-0.1, -0.05) is 50.4 Å². The molecule has 29 heavy (non-hydrogen) atoms. The zero-order valence-electron chi connectivity index (χ0n) is 18.5. The van der Waals surface area contributed by atoms with Crippen LogP contribution in [0.1, 0.15) is 78.2 Å². The van der Waals surface area contributed by atoms with Crippen LogP contribution in [0.5, 0.6) is 0 Å². The maximum atomic E-state index is 11.8. The molecule has 0 saturated heterocycles. The summed E-state index contributed by atoms with van der Waals surface area (Å²) in [5.41, 5.74) is 1.64. The summed E-state index contributed by atoms with van der Waals surface area (Å²) >= 11 is 6.12. The molecule has 1 aromatic rings. The summed E-state index contributed by atoms with van der Waals surface area (Å²) in [7, 11) is -3.14. The van der Waals surface area contributed by atoms with Crippen molar-refractivity contribution >= 4 is 21.6 Å². The van der Waals surface area contributed by atoms with Gasteiger partial charge in [0.25, 0.3) is 0 Å². The molecule has 1 atom stereocenters. The molecule has 1 unspecified atom stereocenters. The highest BCUT2D eigenvalue weighted by atomic mass is 35.5. The Morgan fingerprint density at radius 3 is 2.14 bits per heavy atom. The Bertz CT molecular complexity index is 713. The van der Waals surface area contributed by atoms with Crippen LogP contribution in [0.4, 0.5) is 0 Å². The second kappa shape index (κ2) is 11.1. The predicted molar refractivity (Wildman–Crippen MR) is 124 cm³/mol. The van der Waals surface area contributed by atoms with Gasteiger partial charge in [0.05, 0.1) is 5.25 Å². The Labute approximate surface area is 183 Å². The molecule has 2 N–H and O–H groups in total. The topological polar surface area (TPSA) is 58.2 Å². The van der Waals surface area contributed by atoms with E-state index in [1.807, 2.05) is 12.1 Å². The van der Waals surface area contributed by atoms with E-state index < -0.39 is 10.0 Å². The largest absolute Gasteiger partial charge is 0.313 e. The van der Waals surface area contributed by atoms with Gasteiger partial charge in [0, 0.05) is 23.0 Å². The van der Waals surface area contributed by atoms with Crippen molar-refractivity contribution in [3.63, 3.8) is 0 Å². The van der Waals surface area contributed by atoms with Crippen molar-refractivity contribution in [3.8, 4) is 0 Å². The lowest BCUT2D eigenvalue weighted by Gasteiger charge is -2.49. The fraction of sp³-hybridized carbons (Fsp3) is 0.739.